The third kappa shape index (κ3) is 1.43. The summed E-state index contributed by atoms with van der Waals surface area (Å²) in [5, 5.41) is 9.40. The predicted molar refractivity (Wildman–Crippen MR) is 37.6 cm³/mol. The zero-order chi connectivity index (χ0) is 7.61. The van der Waals surface area contributed by atoms with Crippen molar-refractivity contribution >= 4 is 0 Å². The largest absolute Gasteiger partial charge is 0.210 e. The quantitative estimate of drug-likeness (QED) is 0.560. The molecule has 0 aliphatic carbocycles. The number of hydrogen-bond donors (Lipinski definition) is 2. The summed E-state index contributed by atoms with van der Waals surface area (Å²) < 4.78 is 0. The van der Waals surface area contributed by atoms with Crippen molar-refractivity contribution < 1.29 is 0 Å². The molecule has 0 aromatic carbocycles. The van der Waals surface area contributed by atoms with E-state index in [1.807, 2.05) is 6.92 Å². The Kier molecular flexibility index (Phi) is 1.87. The van der Waals surface area contributed by atoms with Gasteiger partial charge in [-0.1, -0.05) is 12.1 Å². The Bertz CT molecular complexity index is 145. The van der Waals surface area contributed by atoms with Gasteiger partial charge in [0.15, 0.2) is 0 Å². The molecular formula is C5H13N5. The molecule has 0 aromatic rings. The summed E-state index contributed by atoms with van der Waals surface area (Å²) in [4.78, 5) is 0. The van der Waals surface area contributed by atoms with E-state index in [2.05, 4.69) is 28.2 Å². The summed E-state index contributed by atoms with van der Waals surface area (Å²) in [6.45, 7) is 4.04. The summed E-state index contributed by atoms with van der Waals surface area (Å²) in [5.74, 6) is 0. The molecule has 0 aromatic heterocycles. The van der Waals surface area contributed by atoms with E-state index >= 15 is 0 Å². The first-order chi connectivity index (χ1) is 4.66. The van der Waals surface area contributed by atoms with Crippen LogP contribution >= 0.6 is 0 Å². The lowest BCUT2D eigenvalue weighted by Crippen LogP contribution is -2.56. The van der Waals surface area contributed by atoms with Crippen LogP contribution in [0.1, 0.15) is 20.3 Å². The van der Waals surface area contributed by atoms with Crippen LogP contribution < -0.4 is 11.0 Å². The second-order valence-corrected chi connectivity index (χ2v) is 2.58. The Hall–Kier alpha value is -0.680. The SMILES string of the molecule is CC[C@]1(C)N=NN(C)NN1. The average molecular weight is 143 g/mol. The first kappa shape index (κ1) is 7.43. The van der Waals surface area contributed by atoms with Crippen molar-refractivity contribution in [2.75, 3.05) is 7.05 Å². The molecule has 2 N–H and O–H groups in total. The van der Waals surface area contributed by atoms with Gasteiger partial charge in [0.1, 0.15) is 5.66 Å². The van der Waals surface area contributed by atoms with E-state index in [1.165, 1.54) is 5.12 Å². The van der Waals surface area contributed by atoms with E-state index in [0.717, 1.165) is 6.42 Å². The molecule has 1 aliphatic rings. The molecule has 0 saturated carbocycles. The molecule has 0 spiro atoms. The Morgan fingerprint density at radius 2 is 2.30 bits per heavy atom. The summed E-state index contributed by atoms with van der Waals surface area (Å²) in [5.41, 5.74) is 5.61. The van der Waals surface area contributed by atoms with Crippen LogP contribution in [0.5, 0.6) is 0 Å². The van der Waals surface area contributed by atoms with Gasteiger partial charge in [-0.05, 0) is 13.3 Å². The lowest BCUT2D eigenvalue weighted by molar-refractivity contribution is 0.0827. The molecule has 1 rings (SSSR count). The van der Waals surface area contributed by atoms with Gasteiger partial charge in [-0.2, -0.15) is 0 Å². The highest BCUT2D eigenvalue weighted by atomic mass is 15.9. The van der Waals surface area contributed by atoms with Gasteiger partial charge in [-0.25, -0.2) is 10.5 Å². The number of rotatable bonds is 1. The maximum atomic E-state index is 4.04. The van der Waals surface area contributed by atoms with E-state index < -0.39 is 0 Å². The normalized spacial score (nSPS) is 32.9. The second-order valence-electron chi connectivity index (χ2n) is 2.58. The van der Waals surface area contributed by atoms with Crippen molar-refractivity contribution in [3.63, 3.8) is 0 Å². The summed E-state index contributed by atoms with van der Waals surface area (Å²) in [6, 6.07) is 0. The van der Waals surface area contributed by atoms with E-state index in [9.17, 15) is 0 Å². The number of hydrazine groups is 2. The zero-order valence-electron chi connectivity index (χ0n) is 6.55. The van der Waals surface area contributed by atoms with Crippen LogP contribution in [-0.2, 0) is 0 Å². The fourth-order valence-electron chi connectivity index (χ4n) is 0.574. The molecule has 1 heterocycles. The van der Waals surface area contributed by atoms with Crippen molar-refractivity contribution in [3.8, 4) is 0 Å². The van der Waals surface area contributed by atoms with Gasteiger partial charge in [0.25, 0.3) is 0 Å². The Morgan fingerprint density at radius 3 is 2.70 bits per heavy atom. The molecule has 1 atom stereocenters. The lowest BCUT2D eigenvalue weighted by atomic mass is 10.2. The van der Waals surface area contributed by atoms with Crippen molar-refractivity contribution in [2.24, 2.45) is 10.3 Å². The fraction of sp³-hybridized carbons (Fsp3) is 1.00. The van der Waals surface area contributed by atoms with Gasteiger partial charge >= 0.3 is 0 Å². The van der Waals surface area contributed by atoms with Crippen LogP contribution in [0.15, 0.2) is 10.3 Å². The van der Waals surface area contributed by atoms with Crippen molar-refractivity contribution in [1.82, 2.24) is 16.1 Å². The molecule has 58 valence electrons. The monoisotopic (exact) mass is 143 g/mol. The van der Waals surface area contributed by atoms with Gasteiger partial charge in [0.05, 0.1) is 0 Å². The molecular weight excluding hydrogens is 130 g/mol. The van der Waals surface area contributed by atoms with E-state index in [4.69, 9.17) is 0 Å². The molecule has 0 amide bonds. The van der Waals surface area contributed by atoms with Crippen molar-refractivity contribution in [3.05, 3.63) is 0 Å². The summed E-state index contributed by atoms with van der Waals surface area (Å²) in [7, 11) is 1.78. The Balaban J connectivity index is 2.59. The van der Waals surface area contributed by atoms with Crippen LogP contribution in [-0.4, -0.2) is 17.8 Å². The van der Waals surface area contributed by atoms with Gasteiger partial charge in [0, 0.05) is 7.05 Å². The Morgan fingerprint density at radius 1 is 1.60 bits per heavy atom. The van der Waals surface area contributed by atoms with E-state index in [-0.39, 0.29) is 5.66 Å². The third-order valence-corrected chi connectivity index (χ3v) is 1.58. The average Bonchev–Trinajstić information content (AvgIpc) is 1.96. The van der Waals surface area contributed by atoms with E-state index in [1.54, 1.807) is 7.05 Å². The molecule has 0 saturated heterocycles. The molecule has 0 fully saturated rings. The topological polar surface area (TPSA) is 52.0 Å². The molecule has 0 radical (unpaired) electrons. The smallest absolute Gasteiger partial charge is 0.144 e. The van der Waals surface area contributed by atoms with E-state index in [0.29, 0.717) is 0 Å². The van der Waals surface area contributed by atoms with Crippen LogP contribution in [0.25, 0.3) is 0 Å². The van der Waals surface area contributed by atoms with Crippen molar-refractivity contribution in [2.45, 2.75) is 25.9 Å². The van der Waals surface area contributed by atoms with Crippen LogP contribution in [0.4, 0.5) is 0 Å². The Labute approximate surface area is 60.4 Å². The van der Waals surface area contributed by atoms with Crippen LogP contribution in [0.2, 0.25) is 0 Å². The maximum absolute atomic E-state index is 4.04. The first-order valence-corrected chi connectivity index (χ1v) is 3.36. The standard InChI is InChI=1S/C5H13N5/c1-4-5(2)6-8-10(3)9-7-5/h6,8H,4H2,1-3H3/t5-/m0/s1. The third-order valence-electron chi connectivity index (χ3n) is 1.58. The highest BCUT2D eigenvalue weighted by molar-refractivity contribution is 4.75. The van der Waals surface area contributed by atoms with Gasteiger partial charge in [0.2, 0.25) is 0 Å². The minimum absolute atomic E-state index is 0.244. The highest BCUT2D eigenvalue weighted by Crippen LogP contribution is 2.12. The second kappa shape index (κ2) is 2.51. The van der Waals surface area contributed by atoms with Crippen molar-refractivity contribution in [1.29, 1.82) is 0 Å². The molecule has 1 aliphatic heterocycles. The highest BCUT2D eigenvalue weighted by Gasteiger charge is 2.23. The minimum atomic E-state index is -0.244. The molecule has 10 heavy (non-hydrogen) atoms. The molecule has 5 heteroatoms. The molecule has 5 nitrogen and oxygen atoms in total. The van der Waals surface area contributed by atoms with Crippen LogP contribution in [0, 0.1) is 0 Å². The number of nitrogens with one attached hydrogen (secondary N) is 2. The zero-order valence-corrected chi connectivity index (χ0v) is 6.55. The molecule has 0 bridgehead atoms. The van der Waals surface area contributed by atoms with Crippen LogP contribution in [0.3, 0.4) is 0 Å². The predicted octanol–water partition coefficient (Wildman–Crippen LogP) is 0.434. The molecule has 0 unspecified atom stereocenters. The van der Waals surface area contributed by atoms with Gasteiger partial charge in [-0.3, -0.25) is 0 Å². The number of hydrogen-bond acceptors (Lipinski definition) is 5. The van der Waals surface area contributed by atoms with Gasteiger partial charge < -0.3 is 0 Å². The summed E-state index contributed by atoms with van der Waals surface area (Å²) in [6.07, 6.45) is 0.914. The first-order valence-electron chi connectivity index (χ1n) is 3.36. The lowest BCUT2D eigenvalue weighted by Gasteiger charge is -2.30. The van der Waals surface area contributed by atoms with Gasteiger partial charge in [-0.15, -0.1) is 10.6 Å². The number of nitrogens with zero attached hydrogens (tertiary/aromatic N) is 3. The fourth-order valence-corrected chi connectivity index (χ4v) is 0.574. The summed E-state index contributed by atoms with van der Waals surface area (Å²) >= 11 is 0. The maximum Gasteiger partial charge on any atom is 0.144 e. The minimum Gasteiger partial charge on any atom is -0.210 e.